The largest absolute Gasteiger partial charge is 0.354 e. The minimum atomic E-state index is -0.638. The molecule has 142 valence electrons. The fourth-order valence-electron chi connectivity index (χ4n) is 2.71. The van der Waals surface area contributed by atoms with Crippen molar-refractivity contribution in [3.8, 4) is 0 Å². The average molecular weight is 380 g/mol. The molecule has 0 spiro atoms. The summed E-state index contributed by atoms with van der Waals surface area (Å²) in [5.74, 6) is -0.425. The zero-order chi connectivity index (χ0) is 19.2. The van der Waals surface area contributed by atoms with Gasteiger partial charge in [-0.3, -0.25) is 14.4 Å². The van der Waals surface area contributed by atoms with Gasteiger partial charge < -0.3 is 15.5 Å². The van der Waals surface area contributed by atoms with Crippen molar-refractivity contribution in [2.75, 3.05) is 25.5 Å². The van der Waals surface area contributed by atoms with Gasteiger partial charge in [-0.25, -0.2) is 0 Å². The number of likely N-dealkylation sites (tertiary alicyclic amines) is 1. The monoisotopic (exact) mass is 379 g/mol. The van der Waals surface area contributed by atoms with Gasteiger partial charge in [-0.2, -0.15) is 0 Å². The molecule has 1 atom stereocenters. The van der Waals surface area contributed by atoms with Gasteiger partial charge in [0.1, 0.15) is 0 Å². The second-order valence-corrected chi connectivity index (χ2v) is 7.49. The summed E-state index contributed by atoms with van der Waals surface area (Å²) in [4.78, 5) is 38.0. The molecule has 1 aliphatic rings. The van der Waals surface area contributed by atoms with Crippen molar-refractivity contribution < 1.29 is 14.4 Å². The van der Waals surface area contributed by atoms with Crippen molar-refractivity contribution in [3.05, 3.63) is 35.9 Å². The molecule has 1 aromatic rings. The molecule has 1 saturated heterocycles. The fraction of sp³-hybridized carbons (Fsp3) is 0.526. The maximum atomic E-state index is 12.3. The van der Waals surface area contributed by atoms with Gasteiger partial charge in [-0.15, -0.1) is 11.6 Å². The molecule has 1 aliphatic heterocycles. The van der Waals surface area contributed by atoms with E-state index < -0.39 is 5.41 Å². The van der Waals surface area contributed by atoms with E-state index in [0.29, 0.717) is 26.2 Å². The first-order valence-electron chi connectivity index (χ1n) is 8.77. The van der Waals surface area contributed by atoms with Crippen molar-refractivity contribution >= 4 is 29.3 Å². The Morgan fingerprint density at radius 1 is 1.19 bits per heavy atom. The highest BCUT2D eigenvalue weighted by molar-refractivity contribution is 6.19. The number of alkyl halides is 1. The van der Waals surface area contributed by atoms with Gasteiger partial charge in [0.15, 0.2) is 0 Å². The Balaban J connectivity index is 1.73. The number of carbonyl (C=O) groups is 3. The molecule has 3 amide bonds. The maximum absolute atomic E-state index is 12.3. The number of nitrogens with one attached hydrogen (secondary N) is 2. The van der Waals surface area contributed by atoms with Gasteiger partial charge in [-0.1, -0.05) is 30.3 Å². The third-order valence-corrected chi connectivity index (χ3v) is 5.13. The topological polar surface area (TPSA) is 78.5 Å². The number of amides is 3. The van der Waals surface area contributed by atoms with Gasteiger partial charge in [0.05, 0.1) is 11.3 Å². The van der Waals surface area contributed by atoms with Crippen LogP contribution in [0.15, 0.2) is 30.3 Å². The lowest BCUT2D eigenvalue weighted by atomic mass is 9.95. The van der Waals surface area contributed by atoms with Crippen LogP contribution in [0, 0.1) is 11.3 Å². The molecule has 6 nitrogen and oxygen atoms in total. The Bertz CT molecular complexity index is 649. The molecule has 1 unspecified atom stereocenters. The van der Waals surface area contributed by atoms with Crippen molar-refractivity contribution in [2.24, 2.45) is 11.3 Å². The standard InChI is InChI=1S/C19H26ClN3O3/c1-19(2,13-20)18(26)22-9-8-21-17(25)15-10-16(24)23(12-15)11-14-6-4-3-5-7-14/h3-7,15H,8-13H2,1-2H3,(H,21,25)(H,22,26). The minimum absolute atomic E-state index is 0.00818. The minimum Gasteiger partial charge on any atom is -0.354 e. The number of rotatable bonds is 8. The molecule has 0 aromatic heterocycles. The van der Waals surface area contributed by atoms with E-state index in [1.165, 1.54) is 0 Å². The van der Waals surface area contributed by atoms with Crippen LogP contribution in [-0.2, 0) is 20.9 Å². The van der Waals surface area contributed by atoms with E-state index in [1.807, 2.05) is 30.3 Å². The molecule has 7 heteroatoms. The van der Waals surface area contributed by atoms with E-state index >= 15 is 0 Å². The van der Waals surface area contributed by atoms with Crippen LogP contribution in [0.3, 0.4) is 0 Å². The van der Waals surface area contributed by atoms with Crippen LogP contribution in [0.4, 0.5) is 0 Å². The summed E-state index contributed by atoms with van der Waals surface area (Å²) in [5, 5.41) is 5.54. The van der Waals surface area contributed by atoms with Crippen LogP contribution in [0.2, 0.25) is 0 Å². The lowest BCUT2D eigenvalue weighted by Gasteiger charge is -2.20. The normalized spacial score (nSPS) is 17.3. The average Bonchev–Trinajstić information content (AvgIpc) is 2.99. The molecule has 26 heavy (non-hydrogen) atoms. The summed E-state index contributed by atoms with van der Waals surface area (Å²) in [5.41, 5.74) is 0.410. The summed E-state index contributed by atoms with van der Waals surface area (Å²) in [7, 11) is 0. The van der Waals surface area contributed by atoms with E-state index in [-0.39, 0.29) is 35.9 Å². The Morgan fingerprint density at radius 2 is 1.85 bits per heavy atom. The first-order chi connectivity index (χ1) is 12.3. The summed E-state index contributed by atoms with van der Waals surface area (Å²) >= 11 is 5.76. The Labute approximate surface area is 159 Å². The smallest absolute Gasteiger partial charge is 0.226 e. The highest BCUT2D eigenvalue weighted by Gasteiger charge is 2.34. The molecular formula is C19H26ClN3O3. The second-order valence-electron chi connectivity index (χ2n) is 7.23. The molecule has 2 N–H and O–H groups in total. The van der Waals surface area contributed by atoms with Gasteiger partial charge in [0, 0.05) is 38.5 Å². The molecule has 2 rings (SSSR count). The van der Waals surface area contributed by atoms with Crippen LogP contribution in [0.1, 0.15) is 25.8 Å². The Morgan fingerprint density at radius 3 is 2.50 bits per heavy atom. The molecule has 0 radical (unpaired) electrons. The molecule has 0 saturated carbocycles. The first kappa shape index (κ1) is 20.2. The lowest BCUT2D eigenvalue weighted by Crippen LogP contribution is -2.43. The van der Waals surface area contributed by atoms with E-state index in [4.69, 9.17) is 11.6 Å². The van der Waals surface area contributed by atoms with Gasteiger partial charge in [0.2, 0.25) is 17.7 Å². The predicted molar refractivity (Wildman–Crippen MR) is 100 cm³/mol. The quantitative estimate of drug-likeness (QED) is 0.531. The number of benzene rings is 1. The highest BCUT2D eigenvalue weighted by atomic mass is 35.5. The molecule has 1 heterocycles. The third kappa shape index (κ3) is 5.46. The summed E-state index contributed by atoms with van der Waals surface area (Å²) in [6, 6.07) is 9.72. The zero-order valence-corrected chi connectivity index (χ0v) is 16.0. The predicted octanol–water partition coefficient (Wildman–Crippen LogP) is 1.53. The number of halogens is 1. The summed E-state index contributed by atoms with van der Waals surface area (Å²) < 4.78 is 0. The van der Waals surface area contributed by atoms with Gasteiger partial charge in [0.25, 0.3) is 0 Å². The van der Waals surface area contributed by atoms with E-state index in [1.54, 1.807) is 18.7 Å². The number of hydrogen-bond donors (Lipinski definition) is 2. The van der Waals surface area contributed by atoms with E-state index in [0.717, 1.165) is 5.56 Å². The van der Waals surface area contributed by atoms with Crippen molar-refractivity contribution in [1.82, 2.24) is 15.5 Å². The number of nitrogens with zero attached hydrogens (tertiary/aromatic N) is 1. The number of carbonyl (C=O) groups excluding carboxylic acids is 3. The zero-order valence-electron chi connectivity index (χ0n) is 15.3. The van der Waals surface area contributed by atoms with Crippen LogP contribution in [-0.4, -0.2) is 48.1 Å². The highest BCUT2D eigenvalue weighted by Crippen LogP contribution is 2.20. The summed E-state index contributed by atoms with van der Waals surface area (Å²) in [6.45, 7) is 5.13. The second kappa shape index (κ2) is 9.03. The molecular weight excluding hydrogens is 354 g/mol. The van der Waals surface area contributed by atoms with Crippen molar-refractivity contribution in [2.45, 2.75) is 26.8 Å². The lowest BCUT2D eigenvalue weighted by molar-refractivity contribution is -0.129. The summed E-state index contributed by atoms with van der Waals surface area (Å²) in [6.07, 6.45) is 0.226. The maximum Gasteiger partial charge on any atom is 0.226 e. The van der Waals surface area contributed by atoms with Crippen LogP contribution in [0.25, 0.3) is 0 Å². The molecule has 1 fully saturated rings. The van der Waals surface area contributed by atoms with Crippen molar-refractivity contribution in [3.63, 3.8) is 0 Å². The molecule has 1 aromatic carbocycles. The van der Waals surface area contributed by atoms with E-state index in [9.17, 15) is 14.4 Å². The Kier molecular flexibility index (Phi) is 7.03. The number of hydrogen-bond acceptors (Lipinski definition) is 3. The van der Waals surface area contributed by atoms with Crippen molar-refractivity contribution in [1.29, 1.82) is 0 Å². The molecule has 0 bridgehead atoms. The Hall–Kier alpha value is -2.08. The third-order valence-electron chi connectivity index (χ3n) is 4.46. The van der Waals surface area contributed by atoms with Crippen LogP contribution < -0.4 is 10.6 Å². The fourth-order valence-corrected chi connectivity index (χ4v) is 2.83. The van der Waals surface area contributed by atoms with Crippen LogP contribution in [0.5, 0.6) is 0 Å². The SMILES string of the molecule is CC(C)(CCl)C(=O)NCCNC(=O)C1CC(=O)N(Cc2ccccc2)C1. The van der Waals surface area contributed by atoms with E-state index in [2.05, 4.69) is 10.6 Å². The van der Waals surface area contributed by atoms with Gasteiger partial charge in [-0.05, 0) is 19.4 Å². The van der Waals surface area contributed by atoms with Gasteiger partial charge >= 0.3 is 0 Å². The molecule has 0 aliphatic carbocycles. The van der Waals surface area contributed by atoms with Crippen LogP contribution >= 0.6 is 11.6 Å². The first-order valence-corrected chi connectivity index (χ1v) is 9.30.